The van der Waals surface area contributed by atoms with Gasteiger partial charge in [-0.15, -0.1) is 0 Å². The number of aliphatic hydroxyl groups excluding tert-OH is 2. The highest BCUT2D eigenvalue weighted by molar-refractivity contribution is 5.82. The van der Waals surface area contributed by atoms with Crippen molar-refractivity contribution in [3.05, 3.63) is 65.5 Å². The summed E-state index contributed by atoms with van der Waals surface area (Å²) in [7, 11) is 0. The number of allylic oxidation sites excluding steroid dienone is 1. The van der Waals surface area contributed by atoms with E-state index < -0.39 is 12.2 Å². The van der Waals surface area contributed by atoms with Crippen LogP contribution in [0.25, 0.3) is 10.8 Å². The van der Waals surface area contributed by atoms with E-state index in [0.29, 0.717) is 31.0 Å². The van der Waals surface area contributed by atoms with Crippen LogP contribution in [0, 0.1) is 11.3 Å². The van der Waals surface area contributed by atoms with Gasteiger partial charge in [-0.25, -0.2) is 0 Å². The second kappa shape index (κ2) is 7.75. The van der Waals surface area contributed by atoms with Gasteiger partial charge in [-0.1, -0.05) is 31.2 Å². The Kier molecular flexibility index (Phi) is 4.80. The smallest absolute Gasteiger partial charge is 0.0974 e. The fourth-order valence-corrected chi connectivity index (χ4v) is 9.66. The van der Waals surface area contributed by atoms with Gasteiger partial charge in [0.25, 0.3) is 0 Å². The molecular weight excluding hydrogens is 460 g/mol. The van der Waals surface area contributed by atoms with Gasteiger partial charge in [-0.05, 0) is 103 Å². The number of likely N-dealkylation sites (tertiary alicyclic amines) is 1. The van der Waals surface area contributed by atoms with Gasteiger partial charge in [-0.2, -0.15) is 0 Å². The average Bonchev–Trinajstić information content (AvgIpc) is 3.54. The van der Waals surface area contributed by atoms with E-state index in [0.717, 1.165) is 38.5 Å². The van der Waals surface area contributed by atoms with Gasteiger partial charge in [-0.3, -0.25) is 9.88 Å². The third kappa shape index (κ3) is 3.09. The standard InChI is InChI=1S/C32H38N2O3/c1-30-10-8-24-15-23-4-5-25(34-18-27(35)28(36)19-34)16-31(23)11-12-32(24,37-31)29(30)7-6-26(30)21-3-2-20-9-13-33-17-22(20)14-21/h2-3,8-9,13-15,17,25-29,35-36H,4-7,10-12,16,18-19H2,1H3/t25?,26?,27-,28-,29+,30+,31+,32+/m0/s1. The van der Waals surface area contributed by atoms with E-state index in [-0.39, 0.29) is 16.6 Å². The summed E-state index contributed by atoms with van der Waals surface area (Å²) in [6, 6.07) is 9.50. The lowest BCUT2D eigenvalue weighted by molar-refractivity contribution is -0.140. The van der Waals surface area contributed by atoms with Crippen molar-refractivity contribution in [1.82, 2.24) is 9.88 Å². The number of fused-ring (bicyclic) bond motifs is 2. The molecule has 8 rings (SSSR count). The van der Waals surface area contributed by atoms with Crippen LogP contribution in [0.2, 0.25) is 0 Å². The second-order valence-electron chi connectivity index (χ2n) is 13.2. The van der Waals surface area contributed by atoms with Crippen LogP contribution in [0.15, 0.2) is 60.0 Å². The van der Waals surface area contributed by atoms with Gasteiger partial charge >= 0.3 is 0 Å². The molecule has 1 aromatic carbocycles. The Morgan fingerprint density at radius 1 is 1.03 bits per heavy atom. The molecular formula is C32H38N2O3. The van der Waals surface area contributed by atoms with E-state index in [2.05, 4.69) is 53.2 Å². The zero-order chi connectivity index (χ0) is 25.0. The molecule has 6 aliphatic rings. The molecule has 5 heteroatoms. The Bertz CT molecular complexity index is 1330. The first-order valence-electron chi connectivity index (χ1n) is 14.5. The van der Waals surface area contributed by atoms with Crippen LogP contribution in [0.5, 0.6) is 0 Å². The molecule has 2 unspecified atom stereocenters. The number of aliphatic hydroxyl groups is 2. The summed E-state index contributed by atoms with van der Waals surface area (Å²) in [4.78, 5) is 6.70. The molecule has 4 heterocycles. The Hall–Kier alpha value is -2.05. The molecule has 37 heavy (non-hydrogen) atoms. The van der Waals surface area contributed by atoms with Gasteiger partial charge < -0.3 is 14.9 Å². The molecule has 5 nitrogen and oxygen atoms in total. The zero-order valence-electron chi connectivity index (χ0n) is 21.8. The van der Waals surface area contributed by atoms with Crippen molar-refractivity contribution in [2.45, 2.75) is 93.7 Å². The molecule has 0 amide bonds. The maximum atomic E-state index is 10.2. The molecule has 2 saturated carbocycles. The topological polar surface area (TPSA) is 65.8 Å². The minimum Gasteiger partial charge on any atom is -0.389 e. The molecule has 3 aliphatic heterocycles. The van der Waals surface area contributed by atoms with Crippen LogP contribution in [0.3, 0.4) is 0 Å². The van der Waals surface area contributed by atoms with Crippen LogP contribution in [0.1, 0.15) is 69.8 Å². The zero-order valence-corrected chi connectivity index (χ0v) is 21.8. The van der Waals surface area contributed by atoms with Crippen molar-refractivity contribution >= 4 is 10.8 Å². The lowest BCUT2D eigenvalue weighted by Crippen LogP contribution is -2.55. The third-order valence-electron chi connectivity index (χ3n) is 11.5. The Labute approximate surface area is 219 Å². The summed E-state index contributed by atoms with van der Waals surface area (Å²) in [6.07, 6.45) is 16.7. The van der Waals surface area contributed by atoms with E-state index in [4.69, 9.17) is 4.74 Å². The number of ether oxygens (including phenoxy) is 1. The molecule has 2 bridgehead atoms. The highest BCUT2D eigenvalue weighted by Crippen LogP contribution is 2.69. The first-order chi connectivity index (χ1) is 17.9. The molecule has 2 aromatic rings. The second-order valence-corrected chi connectivity index (χ2v) is 13.2. The SMILES string of the molecule is C[C@]12CC=C3C=C4CCC(N5C[C@H](O)[C@@H](O)C5)C[C@]45CC[C@]3(O5)[C@@H]1CCC2c1ccc2ccncc2c1. The lowest BCUT2D eigenvalue weighted by Gasteiger charge is -2.55. The summed E-state index contributed by atoms with van der Waals surface area (Å²) in [5.74, 6) is 1.06. The van der Waals surface area contributed by atoms with Gasteiger partial charge in [0.05, 0.1) is 23.4 Å². The van der Waals surface area contributed by atoms with E-state index in [1.54, 1.807) is 0 Å². The van der Waals surface area contributed by atoms with Gasteiger partial charge in [0, 0.05) is 36.9 Å². The summed E-state index contributed by atoms with van der Waals surface area (Å²) in [5, 5.41) is 22.9. The van der Waals surface area contributed by atoms with E-state index >= 15 is 0 Å². The van der Waals surface area contributed by atoms with Crippen LogP contribution in [-0.4, -0.2) is 62.6 Å². The number of rotatable bonds is 2. The molecule has 2 spiro atoms. The highest BCUT2D eigenvalue weighted by atomic mass is 16.5. The fraction of sp³-hybridized carbons (Fsp3) is 0.594. The summed E-state index contributed by atoms with van der Waals surface area (Å²) >= 11 is 0. The predicted molar refractivity (Wildman–Crippen MR) is 143 cm³/mol. The molecule has 2 saturated heterocycles. The number of hydrogen-bond acceptors (Lipinski definition) is 5. The monoisotopic (exact) mass is 498 g/mol. The van der Waals surface area contributed by atoms with Crippen molar-refractivity contribution in [3.8, 4) is 0 Å². The van der Waals surface area contributed by atoms with Crippen molar-refractivity contribution < 1.29 is 14.9 Å². The summed E-state index contributed by atoms with van der Waals surface area (Å²) in [6.45, 7) is 3.71. The first-order valence-corrected chi connectivity index (χ1v) is 14.5. The van der Waals surface area contributed by atoms with Gasteiger partial charge in [0.1, 0.15) is 0 Å². The molecule has 8 atom stereocenters. The number of benzene rings is 1. The first kappa shape index (κ1) is 22.9. The van der Waals surface area contributed by atoms with Crippen LogP contribution in [0.4, 0.5) is 0 Å². The number of nitrogens with zero attached hydrogens (tertiary/aromatic N) is 2. The normalized spacial score (nSPS) is 44.8. The van der Waals surface area contributed by atoms with Crippen LogP contribution >= 0.6 is 0 Å². The molecule has 1 aromatic heterocycles. The number of hydrogen-bond donors (Lipinski definition) is 2. The summed E-state index contributed by atoms with van der Waals surface area (Å²) in [5.41, 5.74) is 4.30. The minimum atomic E-state index is -0.619. The quantitative estimate of drug-likeness (QED) is 0.618. The molecule has 4 fully saturated rings. The predicted octanol–water partition coefficient (Wildman–Crippen LogP) is 4.88. The minimum absolute atomic E-state index is 0.157. The highest BCUT2D eigenvalue weighted by Gasteiger charge is 2.66. The van der Waals surface area contributed by atoms with Gasteiger partial charge in [0.2, 0.25) is 0 Å². The molecule has 2 N–H and O–H groups in total. The van der Waals surface area contributed by atoms with Gasteiger partial charge in [0.15, 0.2) is 0 Å². The van der Waals surface area contributed by atoms with Crippen LogP contribution < -0.4 is 0 Å². The summed E-state index contributed by atoms with van der Waals surface area (Å²) < 4.78 is 7.46. The Morgan fingerprint density at radius 2 is 1.89 bits per heavy atom. The van der Waals surface area contributed by atoms with E-state index in [9.17, 15) is 10.2 Å². The Balaban J connectivity index is 1.12. The maximum Gasteiger partial charge on any atom is 0.0974 e. The fourth-order valence-electron chi connectivity index (χ4n) is 9.66. The van der Waals surface area contributed by atoms with Crippen molar-refractivity contribution in [2.75, 3.05) is 13.1 Å². The largest absolute Gasteiger partial charge is 0.389 e. The van der Waals surface area contributed by atoms with E-state index in [1.165, 1.54) is 40.3 Å². The third-order valence-corrected chi connectivity index (χ3v) is 11.5. The maximum absolute atomic E-state index is 10.2. The van der Waals surface area contributed by atoms with Crippen molar-refractivity contribution in [3.63, 3.8) is 0 Å². The molecule has 0 radical (unpaired) electrons. The number of β-amino-alcohol motifs (C(OH)–C–C–N with tert-alkyl or cyclic N) is 2. The molecule has 3 aliphatic carbocycles. The van der Waals surface area contributed by atoms with Crippen LogP contribution in [-0.2, 0) is 4.74 Å². The van der Waals surface area contributed by atoms with Crippen molar-refractivity contribution in [2.24, 2.45) is 11.3 Å². The number of aromatic nitrogens is 1. The number of pyridine rings is 1. The molecule has 194 valence electrons. The van der Waals surface area contributed by atoms with E-state index in [1.807, 2.05) is 12.4 Å². The van der Waals surface area contributed by atoms with Crippen molar-refractivity contribution in [1.29, 1.82) is 0 Å². The lowest BCUT2D eigenvalue weighted by atomic mass is 9.58. The average molecular weight is 499 g/mol. The Morgan fingerprint density at radius 3 is 2.76 bits per heavy atom.